The fraction of sp³-hybridized carbons (Fsp3) is 0.714. The van der Waals surface area contributed by atoms with Crippen LogP contribution in [-0.4, -0.2) is 35.2 Å². The summed E-state index contributed by atoms with van der Waals surface area (Å²) in [6.07, 6.45) is 4.42. The summed E-state index contributed by atoms with van der Waals surface area (Å²) in [5.41, 5.74) is 0.00995. The van der Waals surface area contributed by atoms with Crippen LogP contribution in [0.4, 0.5) is 5.82 Å². The highest BCUT2D eigenvalue weighted by Gasteiger charge is 2.11. The van der Waals surface area contributed by atoms with E-state index >= 15 is 0 Å². The second kappa shape index (κ2) is 7.94. The molecular formula is C14H26N4O. The summed E-state index contributed by atoms with van der Waals surface area (Å²) in [5, 5.41) is 3.36. The number of likely N-dealkylation sites (N-methyl/N-ethyl adjacent to an activating group) is 1. The molecular weight excluding hydrogens is 240 g/mol. The maximum Gasteiger partial charge on any atom is 0.293 e. The highest BCUT2D eigenvalue weighted by molar-refractivity contribution is 5.35. The van der Waals surface area contributed by atoms with Crippen molar-refractivity contribution in [1.82, 2.24) is 14.9 Å². The van der Waals surface area contributed by atoms with Crippen LogP contribution in [0.2, 0.25) is 0 Å². The second-order valence-electron chi connectivity index (χ2n) is 4.94. The Morgan fingerprint density at radius 1 is 1.42 bits per heavy atom. The normalized spacial score (nSPS) is 11.0. The van der Waals surface area contributed by atoms with E-state index in [-0.39, 0.29) is 5.56 Å². The van der Waals surface area contributed by atoms with E-state index in [1.807, 2.05) is 11.8 Å². The third-order valence-corrected chi connectivity index (χ3v) is 2.98. The molecule has 0 amide bonds. The van der Waals surface area contributed by atoms with Crippen molar-refractivity contribution >= 4 is 5.82 Å². The molecule has 0 saturated carbocycles. The van der Waals surface area contributed by atoms with Crippen molar-refractivity contribution in [3.8, 4) is 0 Å². The number of rotatable bonds is 8. The molecule has 0 aliphatic rings. The van der Waals surface area contributed by atoms with Gasteiger partial charge in [0, 0.05) is 44.6 Å². The van der Waals surface area contributed by atoms with Gasteiger partial charge in [0.15, 0.2) is 5.82 Å². The van der Waals surface area contributed by atoms with Crippen LogP contribution in [0.3, 0.4) is 0 Å². The largest absolute Gasteiger partial charge is 0.351 e. The first kappa shape index (κ1) is 15.7. The maximum atomic E-state index is 12.3. The topological polar surface area (TPSA) is 50.2 Å². The minimum atomic E-state index is 0.00995. The lowest BCUT2D eigenvalue weighted by molar-refractivity contribution is 0.578. The molecule has 1 heterocycles. The Bertz CT molecular complexity index is 428. The summed E-state index contributed by atoms with van der Waals surface area (Å²) >= 11 is 0. The minimum absolute atomic E-state index is 0.00995. The van der Waals surface area contributed by atoms with Crippen LogP contribution in [0.5, 0.6) is 0 Å². The van der Waals surface area contributed by atoms with Gasteiger partial charge in [0.25, 0.3) is 5.56 Å². The number of aromatic nitrogens is 2. The lowest BCUT2D eigenvalue weighted by Crippen LogP contribution is -2.39. The second-order valence-corrected chi connectivity index (χ2v) is 4.94. The van der Waals surface area contributed by atoms with Crippen molar-refractivity contribution in [2.45, 2.75) is 46.7 Å². The summed E-state index contributed by atoms with van der Waals surface area (Å²) in [5.74, 6) is 0.559. The van der Waals surface area contributed by atoms with E-state index in [4.69, 9.17) is 0 Å². The average Bonchev–Trinajstić information content (AvgIpc) is 2.38. The monoisotopic (exact) mass is 266 g/mol. The SMILES string of the molecule is CCCn1ccnc(N(CC)CCNC(C)C)c1=O. The molecule has 1 N–H and O–H groups in total. The van der Waals surface area contributed by atoms with Crippen LogP contribution in [0.15, 0.2) is 17.2 Å². The highest BCUT2D eigenvalue weighted by atomic mass is 16.1. The zero-order valence-corrected chi connectivity index (χ0v) is 12.5. The van der Waals surface area contributed by atoms with E-state index in [0.29, 0.717) is 11.9 Å². The Kier molecular flexibility index (Phi) is 6.56. The van der Waals surface area contributed by atoms with Crippen molar-refractivity contribution in [2.75, 3.05) is 24.5 Å². The molecule has 0 saturated heterocycles. The van der Waals surface area contributed by atoms with Gasteiger partial charge in [-0.25, -0.2) is 4.98 Å². The van der Waals surface area contributed by atoms with Gasteiger partial charge in [-0.3, -0.25) is 4.79 Å². The molecule has 0 unspecified atom stereocenters. The first-order valence-electron chi connectivity index (χ1n) is 7.13. The van der Waals surface area contributed by atoms with Gasteiger partial charge in [0.1, 0.15) is 0 Å². The Labute approximate surface area is 115 Å². The van der Waals surface area contributed by atoms with E-state index in [9.17, 15) is 4.79 Å². The lowest BCUT2D eigenvalue weighted by atomic mass is 10.3. The maximum absolute atomic E-state index is 12.3. The molecule has 0 radical (unpaired) electrons. The number of hydrogen-bond acceptors (Lipinski definition) is 4. The molecule has 5 heteroatoms. The standard InChI is InChI=1S/C14H26N4O/c1-5-9-18-11-8-16-13(14(18)19)17(6-2)10-7-15-12(3)4/h8,11-12,15H,5-7,9-10H2,1-4H3. The minimum Gasteiger partial charge on any atom is -0.351 e. The molecule has 5 nitrogen and oxygen atoms in total. The number of anilines is 1. The predicted molar refractivity (Wildman–Crippen MR) is 79.8 cm³/mol. The molecule has 0 aliphatic heterocycles. The Morgan fingerprint density at radius 2 is 2.16 bits per heavy atom. The molecule has 19 heavy (non-hydrogen) atoms. The molecule has 0 aromatic carbocycles. The number of nitrogens with one attached hydrogen (secondary N) is 1. The zero-order chi connectivity index (χ0) is 14.3. The molecule has 0 atom stereocenters. The fourth-order valence-electron chi connectivity index (χ4n) is 1.97. The molecule has 108 valence electrons. The predicted octanol–water partition coefficient (Wildman–Crippen LogP) is 1.48. The van der Waals surface area contributed by atoms with Gasteiger partial charge in [0.2, 0.25) is 0 Å². The number of hydrogen-bond donors (Lipinski definition) is 1. The van der Waals surface area contributed by atoms with Crippen molar-refractivity contribution < 1.29 is 0 Å². The van der Waals surface area contributed by atoms with Crippen molar-refractivity contribution in [1.29, 1.82) is 0 Å². The summed E-state index contributed by atoms with van der Waals surface area (Å²) in [6.45, 7) is 11.5. The van der Waals surface area contributed by atoms with Gasteiger partial charge in [-0.05, 0) is 13.3 Å². The number of nitrogens with zero attached hydrogens (tertiary/aromatic N) is 3. The third kappa shape index (κ3) is 4.67. The Hall–Kier alpha value is -1.36. The van der Waals surface area contributed by atoms with E-state index in [2.05, 4.69) is 31.1 Å². The first-order valence-corrected chi connectivity index (χ1v) is 7.13. The zero-order valence-electron chi connectivity index (χ0n) is 12.5. The summed E-state index contributed by atoms with van der Waals surface area (Å²) in [7, 11) is 0. The van der Waals surface area contributed by atoms with E-state index in [1.54, 1.807) is 17.0 Å². The summed E-state index contributed by atoms with van der Waals surface area (Å²) in [4.78, 5) is 18.6. The van der Waals surface area contributed by atoms with Crippen LogP contribution in [0.25, 0.3) is 0 Å². The van der Waals surface area contributed by atoms with Crippen molar-refractivity contribution in [2.24, 2.45) is 0 Å². The number of aryl methyl sites for hydroxylation is 1. The van der Waals surface area contributed by atoms with Crippen LogP contribution in [0.1, 0.15) is 34.1 Å². The smallest absolute Gasteiger partial charge is 0.293 e. The fourth-order valence-corrected chi connectivity index (χ4v) is 1.97. The van der Waals surface area contributed by atoms with E-state index in [1.165, 1.54) is 0 Å². The molecule has 0 bridgehead atoms. The van der Waals surface area contributed by atoms with Crippen molar-refractivity contribution in [3.05, 3.63) is 22.7 Å². The Morgan fingerprint density at radius 3 is 2.74 bits per heavy atom. The average molecular weight is 266 g/mol. The van der Waals surface area contributed by atoms with Crippen LogP contribution >= 0.6 is 0 Å². The quantitative estimate of drug-likeness (QED) is 0.774. The van der Waals surface area contributed by atoms with Gasteiger partial charge in [-0.1, -0.05) is 20.8 Å². The van der Waals surface area contributed by atoms with Crippen LogP contribution < -0.4 is 15.8 Å². The van der Waals surface area contributed by atoms with Gasteiger partial charge in [0.05, 0.1) is 0 Å². The van der Waals surface area contributed by atoms with E-state index < -0.39 is 0 Å². The van der Waals surface area contributed by atoms with Gasteiger partial charge in [-0.2, -0.15) is 0 Å². The van der Waals surface area contributed by atoms with Crippen LogP contribution in [0, 0.1) is 0 Å². The summed E-state index contributed by atoms with van der Waals surface area (Å²) < 4.78 is 1.74. The highest BCUT2D eigenvalue weighted by Crippen LogP contribution is 2.02. The molecule has 0 fully saturated rings. The Balaban J connectivity index is 2.80. The van der Waals surface area contributed by atoms with Crippen LogP contribution in [-0.2, 0) is 6.54 Å². The molecule has 1 rings (SSSR count). The van der Waals surface area contributed by atoms with Gasteiger partial charge < -0.3 is 14.8 Å². The third-order valence-electron chi connectivity index (χ3n) is 2.98. The lowest BCUT2D eigenvalue weighted by Gasteiger charge is -2.22. The molecule has 0 aliphatic carbocycles. The first-order chi connectivity index (χ1) is 9.10. The van der Waals surface area contributed by atoms with Gasteiger partial charge in [-0.15, -0.1) is 0 Å². The van der Waals surface area contributed by atoms with Crippen molar-refractivity contribution in [3.63, 3.8) is 0 Å². The van der Waals surface area contributed by atoms with Gasteiger partial charge >= 0.3 is 0 Å². The molecule has 0 spiro atoms. The van der Waals surface area contributed by atoms with E-state index in [0.717, 1.165) is 32.6 Å². The molecule has 1 aromatic rings. The summed E-state index contributed by atoms with van der Waals surface area (Å²) in [6, 6.07) is 0.458. The molecule has 1 aromatic heterocycles.